The molecule has 3 aliphatic rings. The number of hydrogen-bond acceptors (Lipinski definition) is 1. The van der Waals surface area contributed by atoms with Crippen LogP contribution in [0.4, 0.5) is 0 Å². The minimum Gasteiger partial charge on any atom is -0.366 e. The maximum atomic E-state index is 5.88. The van der Waals surface area contributed by atoms with Crippen molar-refractivity contribution < 1.29 is 4.74 Å². The predicted molar refractivity (Wildman–Crippen MR) is 66.3 cm³/mol. The van der Waals surface area contributed by atoms with Gasteiger partial charge in [0.05, 0.1) is 11.7 Å². The van der Waals surface area contributed by atoms with Crippen molar-refractivity contribution in [1.29, 1.82) is 0 Å². The Morgan fingerprint density at radius 1 is 1.00 bits per heavy atom. The molecule has 90 valence electrons. The standard InChI is InChI=1S/C15H24O/c1-9-13(2,3)10-7-12-15(6,16-12)8-11(10)14(9,4)5/h9,12H,7-8H2,1-6H3. The summed E-state index contributed by atoms with van der Waals surface area (Å²) in [6, 6.07) is 0. The van der Waals surface area contributed by atoms with Crippen LogP contribution >= 0.6 is 0 Å². The van der Waals surface area contributed by atoms with Crippen LogP contribution in [0.5, 0.6) is 0 Å². The van der Waals surface area contributed by atoms with Crippen LogP contribution in [-0.2, 0) is 4.74 Å². The summed E-state index contributed by atoms with van der Waals surface area (Å²) in [5.74, 6) is 0.742. The SMILES string of the molecule is CC1C(C)(C)C2=C(CC3(C)OC3C2)C1(C)C. The number of ether oxygens (including phenoxy) is 1. The van der Waals surface area contributed by atoms with Gasteiger partial charge in [-0.3, -0.25) is 0 Å². The van der Waals surface area contributed by atoms with Gasteiger partial charge in [0.15, 0.2) is 0 Å². The van der Waals surface area contributed by atoms with Gasteiger partial charge in [-0.25, -0.2) is 0 Å². The van der Waals surface area contributed by atoms with Gasteiger partial charge >= 0.3 is 0 Å². The van der Waals surface area contributed by atoms with Crippen LogP contribution in [0.1, 0.15) is 54.4 Å². The van der Waals surface area contributed by atoms with Gasteiger partial charge in [-0.15, -0.1) is 0 Å². The van der Waals surface area contributed by atoms with E-state index in [1.807, 2.05) is 0 Å². The van der Waals surface area contributed by atoms with Gasteiger partial charge in [0.1, 0.15) is 0 Å². The fourth-order valence-electron chi connectivity index (χ4n) is 4.16. The Labute approximate surface area is 99.3 Å². The van der Waals surface area contributed by atoms with Crippen molar-refractivity contribution in [2.45, 2.75) is 66.1 Å². The highest BCUT2D eigenvalue weighted by atomic mass is 16.6. The molecule has 0 aromatic heterocycles. The average molecular weight is 220 g/mol. The van der Waals surface area contributed by atoms with Crippen molar-refractivity contribution in [1.82, 2.24) is 0 Å². The molecular weight excluding hydrogens is 196 g/mol. The summed E-state index contributed by atoms with van der Waals surface area (Å²) in [6.45, 7) is 14.4. The average Bonchev–Trinajstić information content (AvgIpc) is 2.81. The molecule has 1 fully saturated rings. The van der Waals surface area contributed by atoms with E-state index >= 15 is 0 Å². The van der Waals surface area contributed by atoms with Crippen molar-refractivity contribution in [2.75, 3.05) is 0 Å². The van der Waals surface area contributed by atoms with Crippen LogP contribution in [-0.4, -0.2) is 11.7 Å². The quantitative estimate of drug-likeness (QED) is 0.445. The monoisotopic (exact) mass is 220 g/mol. The molecule has 0 aromatic carbocycles. The third-order valence-electron chi connectivity index (χ3n) is 6.04. The molecule has 1 aliphatic heterocycles. The molecule has 1 saturated heterocycles. The molecule has 0 bridgehead atoms. The molecule has 0 aromatic rings. The van der Waals surface area contributed by atoms with E-state index in [1.54, 1.807) is 11.1 Å². The largest absolute Gasteiger partial charge is 0.366 e. The van der Waals surface area contributed by atoms with E-state index in [2.05, 4.69) is 41.5 Å². The van der Waals surface area contributed by atoms with Gasteiger partial charge in [-0.1, -0.05) is 45.8 Å². The highest BCUT2D eigenvalue weighted by molar-refractivity contribution is 5.41. The first-order chi connectivity index (χ1) is 7.19. The van der Waals surface area contributed by atoms with Crippen LogP contribution in [0.25, 0.3) is 0 Å². The topological polar surface area (TPSA) is 12.5 Å². The highest BCUT2D eigenvalue weighted by Crippen LogP contribution is 2.65. The maximum Gasteiger partial charge on any atom is 0.0960 e. The minimum atomic E-state index is 0.191. The lowest BCUT2D eigenvalue weighted by Gasteiger charge is -2.35. The minimum absolute atomic E-state index is 0.191. The zero-order valence-corrected chi connectivity index (χ0v) is 11.5. The van der Waals surface area contributed by atoms with Crippen molar-refractivity contribution >= 4 is 0 Å². The lowest BCUT2D eigenvalue weighted by atomic mass is 9.69. The van der Waals surface area contributed by atoms with Crippen molar-refractivity contribution in [3.8, 4) is 0 Å². The summed E-state index contributed by atoms with van der Waals surface area (Å²) in [4.78, 5) is 0. The lowest BCUT2D eigenvalue weighted by Crippen LogP contribution is -2.28. The fraction of sp³-hybridized carbons (Fsp3) is 0.867. The molecule has 16 heavy (non-hydrogen) atoms. The molecular formula is C15H24O. The second kappa shape index (κ2) is 2.58. The molecule has 3 rings (SSSR count). The van der Waals surface area contributed by atoms with E-state index in [9.17, 15) is 0 Å². The van der Waals surface area contributed by atoms with Crippen molar-refractivity contribution in [2.24, 2.45) is 16.7 Å². The van der Waals surface area contributed by atoms with E-state index in [1.165, 1.54) is 12.8 Å². The predicted octanol–water partition coefficient (Wildman–Crippen LogP) is 3.94. The second-order valence-corrected chi connectivity index (χ2v) is 7.42. The molecule has 0 saturated carbocycles. The summed E-state index contributed by atoms with van der Waals surface area (Å²) in [7, 11) is 0. The van der Waals surface area contributed by atoms with E-state index in [0.29, 0.717) is 16.9 Å². The molecule has 3 unspecified atom stereocenters. The lowest BCUT2D eigenvalue weighted by molar-refractivity contribution is 0.178. The Bertz CT molecular complexity index is 388. The number of rotatable bonds is 0. The molecule has 3 atom stereocenters. The van der Waals surface area contributed by atoms with Gasteiger partial charge < -0.3 is 4.74 Å². The summed E-state index contributed by atoms with van der Waals surface area (Å²) in [5.41, 5.74) is 4.34. The first kappa shape index (κ1) is 10.8. The van der Waals surface area contributed by atoms with E-state index in [0.717, 1.165) is 5.92 Å². The van der Waals surface area contributed by atoms with Gasteiger partial charge in [-0.05, 0) is 30.1 Å². The van der Waals surface area contributed by atoms with E-state index < -0.39 is 0 Å². The van der Waals surface area contributed by atoms with Crippen LogP contribution in [0.2, 0.25) is 0 Å². The molecule has 0 radical (unpaired) electrons. The highest BCUT2D eigenvalue weighted by Gasteiger charge is 2.62. The van der Waals surface area contributed by atoms with Crippen LogP contribution in [0.3, 0.4) is 0 Å². The van der Waals surface area contributed by atoms with E-state index in [-0.39, 0.29) is 5.60 Å². The van der Waals surface area contributed by atoms with Gasteiger partial charge in [0, 0.05) is 6.42 Å². The second-order valence-electron chi connectivity index (χ2n) is 7.42. The molecule has 1 nitrogen and oxygen atoms in total. The first-order valence-corrected chi connectivity index (χ1v) is 6.60. The van der Waals surface area contributed by atoms with Crippen molar-refractivity contribution in [3.05, 3.63) is 11.1 Å². The Morgan fingerprint density at radius 3 is 2.19 bits per heavy atom. The summed E-state index contributed by atoms with van der Waals surface area (Å²) in [5, 5.41) is 0. The Kier molecular flexibility index (Phi) is 1.75. The number of epoxide rings is 1. The molecule has 1 heteroatoms. The first-order valence-electron chi connectivity index (χ1n) is 6.60. The van der Waals surface area contributed by atoms with Gasteiger partial charge in [0.2, 0.25) is 0 Å². The molecule has 0 spiro atoms. The Morgan fingerprint density at radius 2 is 1.56 bits per heavy atom. The molecule has 0 amide bonds. The third-order valence-corrected chi connectivity index (χ3v) is 6.04. The summed E-state index contributed by atoms with van der Waals surface area (Å²) < 4.78 is 5.88. The third kappa shape index (κ3) is 1.06. The number of hydrogen-bond donors (Lipinski definition) is 0. The summed E-state index contributed by atoms with van der Waals surface area (Å²) in [6.07, 6.45) is 2.88. The van der Waals surface area contributed by atoms with Crippen molar-refractivity contribution in [3.63, 3.8) is 0 Å². The Balaban J connectivity index is 2.08. The van der Waals surface area contributed by atoms with Crippen LogP contribution in [0, 0.1) is 16.7 Å². The molecule has 1 heterocycles. The zero-order valence-electron chi connectivity index (χ0n) is 11.5. The molecule has 0 N–H and O–H groups in total. The normalized spacial score (nSPS) is 47.6. The smallest absolute Gasteiger partial charge is 0.0960 e. The fourth-order valence-corrected chi connectivity index (χ4v) is 4.16. The van der Waals surface area contributed by atoms with Gasteiger partial charge in [0.25, 0.3) is 0 Å². The molecule has 2 aliphatic carbocycles. The zero-order chi connectivity index (χ0) is 11.9. The summed E-state index contributed by atoms with van der Waals surface area (Å²) >= 11 is 0. The van der Waals surface area contributed by atoms with E-state index in [4.69, 9.17) is 4.74 Å². The van der Waals surface area contributed by atoms with Gasteiger partial charge in [-0.2, -0.15) is 0 Å². The number of fused-ring (bicyclic) bond motifs is 1. The maximum absolute atomic E-state index is 5.88. The van der Waals surface area contributed by atoms with Crippen LogP contribution < -0.4 is 0 Å². The van der Waals surface area contributed by atoms with Crippen LogP contribution in [0.15, 0.2) is 11.1 Å². The Hall–Kier alpha value is -0.300.